The van der Waals surface area contributed by atoms with Gasteiger partial charge in [-0.2, -0.15) is 4.37 Å². The highest BCUT2D eigenvalue weighted by Crippen LogP contribution is 2.25. The van der Waals surface area contributed by atoms with Crippen molar-refractivity contribution in [2.75, 3.05) is 5.32 Å². The normalized spacial score (nSPS) is 13.3. The zero-order valence-corrected chi connectivity index (χ0v) is 12.2. The first-order valence-electron chi connectivity index (χ1n) is 6.11. The summed E-state index contributed by atoms with van der Waals surface area (Å²) in [4.78, 5) is 15.2. The summed E-state index contributed by atoms with van der Waals surface area (Å²) in [5.74, 6) is 0.00399. The van der Waals surface area contributed by atoms with Gasteiger partial charge in [-0.25, -0.2) is 4.98 Å². The van der Waals surface area contributed by atoms with E-state index in [2.05, 4.69) is 35.4 Å². The lowest BCUT2D eigenvalue weighted by Crippen LogP contribution is -2.28. The molecule has 1 aromatic heterocycles. The number of rotatable bonds is 6. The van der Waals surface area contributed by atoms with Crippen LogP contribution >= 0.6 is 11.5 Å². The quantitative estimate of drug-likeness (QED) is 0.832. The molecule has 0 amide bonds. The van der Waals surface area contributed by atoms with E-state index in [1.54, 1.807) is 0 Å². The van der Waals surface area contributed by atoms with Crippen molar-refractivity contribution in [1.82, 2.24) is 9.36 Å². The topological polar surface area (TPSA) is 75.1 Å². The van der Waals surface area contributed by atoms with Crippen LogP contribution in [0.3, 0.4) is 0 Å². The Morgan fingerprint density at radius 3 is 2.61 bits per heavy atom. The highest BCUT2D eigenvalue weighted by molar-refractivity contribution is 7.09. The lowest BCUT2D eigenvalue weighted by molar-refractivity contribution is -0.137. The van der Waals surface area contributed by atoms with Crippen molar-refractivity contribution in [3.05, 3.63) is 5.82 Å². The SMILES string of the molecule is CCc1nsc(NC(CC(=O)O)CC(C)(C)C)n1. The maximum atomic E-state index is 10.9. The average molecular weight is 271 g/mol. The third-order valence-corrected chi connectivity index (χ3v) is 3.08. The Hall–Kier alpha value is -1.17. The maximum Gasteiger partial charge on any atom is 0.305 e. The van der Waals surface area contributed by atoms with Crippen LogP contribution in [0.15, 0.2) is 0 Å². The first-order chi connectivity index (χ1) is 8.30. The second-order valence-electron chi connectivity index (χ2n) is 5.57. The molecule has 0 saturated carbocycles. The molecule has 1 unspecified atom stereocenters. The lowest BCUT2D eigenvalue weighted by Gasteiger charge is -2.25. The van der Waals surface area contributed by atoms with Gasteiger partial charge in [-0.15, -0.1) is 0 Å². The second kappa shape index (κ2) is 6.13. The third-order valence-electron chi connectivity index (χ3n) is 2.39. The van der Waals surface area contributed by atoms with Crippen LogP contribution in [-0.2, 0) is 11.2 Å². The molecule has 102 valence electrons. The molecule has 18 heavy (non-hydrogen) atoms. The van der Waals surface area contributed by atoms with Crippen LogP contribution in [0.2, 0.25) is 0 Å². The second-order valence-corrected chi connectivity index (χ2v) is 6.33. The van der Waals surface area contributed by atoms with Crippen molar-refractivity contribution in [2.24, 2.45) is 5.41 Å². The van der Waals surface area contributed by atoms with Crippen LogP contribution in [-0.4, -0.2) is 26.5 Å². The third kappa shape index (κ3) is 5.44. The summed E-state index contributed by atoms with van der Waals surface area (Å²) in [6, 6.07) is -0.111. The van der Waals surface area contributed by atoms with E-state index in [4.69, 9.17) is 5.11 Å². The zero-order valence-electron chi connectivity index (χ0n) is 11.4. The molecular formula is C12H21N3O2S. The summed E-state index contributed by atoms with van der Waals surface area (Å²) in [6.45, 7) is 8.29. The fourth-order valence-electron chi connectivity index (χ4n) is 1.76. The molecule has 1 rings (SSSR count). The van der Waals surface area contributed by atoms with E-state index in [0.717, 1.165) is 18.7 Å². The molecule has 6 heteroatoms. The number of carboxylic acids is 1. The molecule has 0 aliphatic carbocycles. The molecule has 0 radical (unpaired) electrons. The summed E-state index contributed by atoms with van der Waals surface area (Å²) >= 11 is 1.29. The molecule has 1 aromatic rings. The number of aryl methyl sites for hydroxylation is 1. The number of nitrogens with zero attached hydrogens (tertiary/aromatic N) is 2. The Morgan fingerprint density at radius 1 is 1.50 bits per heavy atom. The van der Waals surface area contributed by atoms with Crippen molar-refractivity contribution in [1.29, 1.82) is 0 Å². The number of aromatic nitrogens is 2. The standard InChI is InChI=1S/C12H21N3O2S/c1-5-9-14-11(18-15-9)13-8(6-10(16)17)7-12(2,3)4/h8H,5-7H2,1-4H3,(H,16,17)(H,13,14,15). The summed E-state index contributed by atoms with van der Waals surface area (Å²) in [5, 5.41) is 12.8. The monoisotopic (exact) mass is 271 g/mol. The van der Waals surface area contributed by atoms with Crippen molar-refractivity contribution >= 4 is 22.6 Å². The molecule has 0 bridgehead atoms. The Bertz CT molecular complexity index is 398. The molecule has 0 aliphatic heterocycles. The fraction of sp³-hybridized carbons (Fsp3) is 0.750. The molecule has 1 atom stereocenters. The average Bonchev–Trinajstić information content (AvgIpc) is 2.61. The smallest absolute Gasteiger partial charge is 0.305 e. The van der Waals surface area contributed by atoms with Gasteiger partial charge in [0.2, 0.25) is 5.13 Å². The number of carbonyl (C=O) groups is 1. The number of hydrogen-bond acceptors (Lipinski definition) is 5. The molecular weight excluding hydrogens is 250 g/mol. The summed E-state index contributed by atoms with van der Waals surface area (Å²) in [6.07, 6.45) is 1.67. The van der Waals surface area contributed by atoms with Crippen molar-refractivity contribution < 1.29 is 9.90 Å². The zero-order chi connectivity index (χ0) is 13.8. The Kier molecular flexibility index (Phi) is 5.07. The highest BCUT2D eigenvalue weighted by atomic mass is 32.1. The minimum atomic E-state index is -0.794. The van der Waals surface area contributed by atoms with E-state index in [-0.39, 0.29) is 17.9 Å². The predicted molar refractivity (Wildman–Crippen MR) is 73.0 cm³/mol. The van der Waals surface area contributed by atoms with Crippen LogP contribution in [0.1, 0.15) is 46.4 Å². The van der Waals surface area contributed by atoms with Gasteiger partial charge in [0.05, 0.1) is 6.42 Å². The highest BCUT2D eigenvalue weighted by Gasteiger charge is 2.22. The fourth-order valence-corrected chi connectivity index (χ4v) is 2.48. The number of carboxylic acid groups (broad SMARTS) is 1. The minimum Gasteiger partial charge on any atom is -0.481 e. The number of hydrogen-bond donors (Lipinski definition) is 2. The summed E-state index contributed by atoms with van der Waals surface area (Å²) < 4.78 is 4.18. The molecule has 2 N–H and O–H groups in total. The van der Waals surface area contributed by atoms with E-state index in [1.165, 1.54) is 11.5 Å². The van der Waals surface area contributed by atoms with E-state index >= 15 is 0 Å². The van der Waals surface area contributed by atoms with Gasteiger partial charge in [-0.1, -0.05) is 27.7 Å². The van der Waals surface area contributed by atoms with E-state index in [9.17, 15) is 4.79 Å². The van der Waals surface area contributed by atoms with E-state index < -0.39 is 5.97 Å². The van der Waals surface area contributed by atoms with Gasteiger partial charge < -0.3 is 10.4 Å². The van der Waals surface area contributed by atoms with Crippen molar-refractivity contribution in [3.63, 3.8) is 0 Å². The molecule has 0 aliphatic rings. The largest absolute Gasteiger partial charge is 0.481 e. The van der Waals surface area contributed by atoms with Gasteiger partial charge in [-0.3, -0.25) is 4.79 Å². The van der Waals surface area contributed by atoms with Gasteiger partial charge in [0.25, 0.3) is 0 Å². The van der Waals surface area contributed by atoms with Gasteiger partial charge in [0.1, 0.15) is 5.82 Å². The van der Waals surface area contributed by atoms with Gasteiger partial charge in [-0.05, 0) is 11.8 Å². The predicted octanol–water partition coefficient (Wildman–Crippen LogP) is 2.79. The number of nitrogens with one attached hydrogen (secondary N) is 1. The Labute approximate surface area is 112 Å². The van der Waals surface area contributed by atoms with Crippen LogP contribution < -0.4 is 5.32 Å². The van der Waals surface area contributed by atoms with Crippen LogP contribution in [0.25, 0.3) is 0 Å². The molecule has 1 heterocycles. The van der Waals surface area contributed by atoms with Gasteiger partial charge in [0, 0.05) is 24.0 Å². The summed E-state index contributed by atoms with van der Waals surface area (Å²) in [7, 11) is 0. The molecule has 5 nitrogen and oxygen atoms in total. The van der Waals surface area contributed by atoms with Crippen LogP contribution in [0, 0.1) is 5.41 Å². The van der Waals surface area contributed by atoms with Crippen LogP contribution in [0.4, 0.5) is 5.13 Å². The first-order valence-corrected chi connectivity index (χ1v) is 6.88. The van der Waals surface area contributed by atoms with Crippen molar-refractivity contribution in [2.45, 2.75) is 53.0 Å². The molecule has 0 saturated heterocycles. The molecule has 0 fully saturated rings. The Balaban J connectivity index is 2.68. The molecule has 0 spiro atoms. The summed E-state index contributed by atoms with van der Waals surface area (Å²) in [5.41, 5.74) is 0.0748. The number of anilines is 1. The Morgan fingerprint density at radius 2 is 2.17 bits per heavy atom. The van der Waals surface area contributed by atoms with E-state index in [0.29, 0.717) is 5.13 Å². The van der Waals surface area contributed by atoms with Gasteiger partial charge >= 0.3 is 5.97 Å². The minimum absolute atomic E-state index is 0.0748. The lowest BCUT2D eigenvalue weighted by atomic mass is 9.87. The van der Waals surface area contributed by atoms with E-state index in [1.807, 2.05) is 6.92 Å². The van der Waals surface area contributed by atoms with Crippen LogP contribution in [0.5, 0.6) is 0 Å². The van der Waals surface area contributed by atoms with Gasteiger partial charge in [0.15, 0.2) is 0 Å². The number of aliphatic carboxylic acids is 1. The van der Waals surface area contributed by atoms with Crippen molar-refractivity contribution in [3.8, 4) is 0 Å². The first kappa shape index (κ1) is 14.9. The maximum absolute atomic E-state index is 10.9. The molecule has 0 aromatic carbocycles.